The van der Waals surface area contributed by atoms with Gasteiger partial charge in [-0.15, -0.1) is 0 Å². The third-order valence-corrected chi connectivity index (χ3v) is 2.62. The normalized spacial score (nSPS) is 12.5. The number of rotatable bonds is 5. The van der Waals surface area contributed by atoms with Crippen LogP contribution in [0.1, 0.15) is 13.3 Å². The molecular weight excluding hydrogens is 242 g/mol. The molecule has 0 radical (unpaired) electrons. The van der Waals surface area contributed by atoms with E-state index in [0.29, 0.717) is 0 Å². The summed E-state index contributed by atoms with van der Waals surface area (Å²) in [5.41, 5.74) is 0. The van der Waals surface area contributed by atoms with Crippen molar-refractivity contribution in [2.75, 3.05) is 13.6 Å². The van der Waals surface area contributed by atoms with Crippen LogP contribution in [-0.4, -0.2) is 19.7 Å². The number of ether oxygens (including phenoxy) is 1. The molecular formula is C11H16BrNO. The zero-order valence-electron chi connectivity index (χ0n) is 8.59. The molecule has 0 spiro atoms. The molecule has 1 rings (SSSR count). The Kier molecular flexibility index (Phi) is 4.98. The van der Waals surface area contributed by atoms with Gasteiger partial charge in [0, 0.05) is 0 Å². The lowest BCUT2D eigenvalue weighted by Gasteiger charge is -2.15. The van der Waals surface area contributed by atoms with Crippen LogP contribution < -0.4 is 10.1 Å². The Morgan fingerprint density at radius 2 is 2.14 bits per heavy atom. The number of benzene rings is 1. The van der Waals surface area contributed by atoms with Gasteiger partial charge in [-0.1, -0.05) is 12.1 Å². The number of hydrogen-bond acceptors (Lipinski definition) is 2. The van der Waals surface area contributed by atoms with Gasteiger partial charge in [0.15, 0.2) is 0 Å². The average Bonchev–Trinajstić information content (AvgIpc) is 2.18. The minimum absolute atomic E-state index is 0.237. The summed E-state index contributed by atoms with van der Waals surface area (Å²) in [6.45, 7) is 3.06. The molecule has 0 saturated carbocycles. The highest BCUT2D eigenvalue weighted by atomic mass is 79.9. The molecule has 0 amide bonds. The summed E-state index contributed by atoms with van der Waals surface area (Å²) in [5, 5.41) is 3.11. The second-order valence-electron chi connectivity index (χ2n) is 3.25. The van der Waals surface area contributed by atoms with Gasteiger partial charge >= 0.3 is 0 Å². The standard InChI is InChI=1S/C11H16BrNO/c1-9(7-8-13-2)14-11-6-4-3-5-10(11)12/h3-6,9,13H,7-8H2,1-2H3. The van der Waals surface area contributed by atoms with E-state index in [0.717, 1.165) is 23.2 Å². The summed E-state index contributed by atoms with van der Waals surface area (Å²) < 4.78 is 6.77. The Bertz CT molecular complexity index is 278. The summed E-state index contributed by atoms with van der Waals surface area (Å²) >= 11 is 3.45. The monoisotopic (exact) mass is 257 g/mol. The zero-order valence-corrected chi connectivity index (χ0v) is 10.2. The molecule has 0 aromatic heterocycles. The molecule has 0 aliphatic heterocycles. The first-order valence-corrected chi connectivity index (χ1v) is 5.59. The van der Waals surface area contributed by atoms with Crippen LogP contribution in [0.3, 0.4) is 0 Å². The lowest BCUT2D eigenvalue weighted by Crippen LogP contribution is -2.19. The molecule has 3 heteroatoms. The Labute approximate surface area is 93.8 Å². The fourth-order valence-corrected chi connectivity index (χ4v) is 1.54. The lowest BCUT2D eigenvalue weighted by atomic mass is 10.3. The first-order valence-electron chi connectivity index (χ1n) is 4.80. The van der Waals surface area contributed by atoms with Gasteiger partial charge in [-0.3, -0.25) is 0 Å². The fourth-order valence-electron chi connectivity index (χ4n) is 1.16. The van der Waals surface area contributed by atoms with Crippen molar-refractivity contribution in [3.05, 3.63) is 28.7 Å². The molecule has 0 heterocycles. The predicted molar refractivity (Wildman–Crippen MR) is 62.8 cm³/mol. The second kappa shape index (κ2) is 6.04. The topological polar surface area (TPSA) is 21.3 Å². The highest BCUT2D eigenvalue weighted by Gasteiger charge is 2.05. The highest BCUT2D eigenvalue weighted by Crippen LogP contribution is 2.25. The summed E-state index contributed by atoms with van der Waals surface area (Å²) in [4.78, 5) is 0. The van der Waals surface area contributed by atoms with Gasteiger partial charge in [-0.2, -0.15) is 0 Å². The third kappa shape index (κ3) is 3.68. The van der Waals surface area contributed by atoms with Crippen molar-refractivity contribution < 1.29 is 4.74 Å². The van der Waals surface area contributed by atoms with E-state index in [1.165, 1.54) is 0 Å². The first kappa shape index (κ1) is 11.5. The molecule has 1 atom stereocenters. The molecule has 0 saturated heterocycles. The van der Waals surface area contributed by atoms with Crippen molar-refractivity contribution in [3.63, 3.8) is 0 Å². The van der Waals surface area contributed by atoms with Gasteiger partial charge < -0.3 is 10.1 Å². The van der Waals surface area contributed by atoms with E-state index in [1.807, 2.05) is 31.3 Å². The summed E-state index contributed by atoms with van der Waals surface area (Å²) in [6, 6.07) is 7.92. The van der Waals surface area contributed by atoms with Crippen LogP contribution >= 0.6 is 15.9 Å². The van der Waals surface area contributed by atoms with Crippen LogP contribution in [0, 0.1) is 0 Å². The lowest BCUT2D eigenvalue weighted by molar-refractivity contribution is 0.209. The van der Waals surface area contributed by atoms with Gasteiger partial charge in [0.1, 0.15) is 5.75 Å². The van der Waals surface area contributed by atoms with E-state index in [4.69, 9.17) is 4.74 Å². The molecule has 0 aliphatic rings. The van der Waals surface area contributed by atoms with E-state index in [9.17, 15) is 0 Å². The van der Waals surface area contributed by atoms with Crippen LogP contribution in [0.5, 0.6) is 5.75 Å². The molecule has 1 unspecified atom stereocenters. The van der Waals surface area contributed by atoms with Crippen LogP contribution in [-0.2, 0) is 0 Å². The van der Waals surface area contributed by atoms with Crippen LogP contribution in [0.25, 0.3) is 0 Å². The molecule has 14 heavy (non-hydrogen) atoms. The van der Waals surface area contributed by atoms with E-state index in [1.54, 1.807) is 0 Å². The summed E-state index contributed by atoms with van der Waals surface area (Å²) in [7, 11) is 1.95. The van der Waals surface area contributed by atoms with Crippen LogP contribution in [0.4, 0.5) is 0 Å². The number of hydrogen-bond donors (Lipinski definition) is 1. The molecule has 1 aromatic carbocycles. The number of halogens is 1. The van der Waals surface area contributed by atoms with Crippen molar-refractivity contribution in [1.29, 1.82) is 0 Å². The Hall–Kier alpha value is -0.540. The Balaban J connectivity index is 2.47. The van der Waals surface area contributed by atoms with Crippen molar-refractivity contribution in [3.8, 4) is 5.75 Å². The Morgan fingerprint density at radius 3 is 2.79 bits per heavy atom. The maximum absolute atomic E-state index is 5.76. The van der Waals surface area contributed by atoms with Crippen molar-refractivity contribution in [1.82, 2.24) is 5.32 Å². The summed E-state index contributed by atoms with van der Waals surface area (Å²) in [5.74, 6) is 0.913. The third-order valence-electron chi connectivity index (χ3n) is 1.97. The van der Waals surface area contributed by atoms with Gasteiger partial charge in [-0.05, 0) is 55.0 Å². The largest absolute Gasteiger partial charge is 0.489 e. The maximum atomic E-state index is 5.76. The second-order valence-corrected chi connectivity index (χ2v) is 4.11. The van der Waals surface area contributed by atoms with Gasteiger partial charge in [0.05, 0.1) is 10.6 Å². The predicted octanol–water partition coefficient (Wildman–Crippen LogP) is 2.83. The number of para-hydroxylation sites is 1. The molecule has 0 aliphatic carbocycles. The fraction of sp³-hybridized carbons (Fsp3) is 0.455. The molecule has 1 aromatic rings. The van der Waals surface area contributed by atoms with Crippen molar-refractivity contribution >= 4 is 15.9 Å². The van der Waals surface area contributed by atoms with E-state index >= 15 is 0 Å². The molecule has 0 fully saturated rings. The van der Waals surface area contributed by atoms with E-state index in [-0.39, 0.29) is 6.10 Å². The average molecular weight is 258 g/mol. The first-order chi connectivity index (χ1) is 6.74. The van der Waals surface area contributed by atoms with Gasteiger partial charge in [0.25, 0.3) is 0 Å². The quantitative estimate of drug-likeness (QED) is 0.876. The van der Waals surface area contributed by atoms with Crippen molar-refractivity contribution in [2.24, 2.45) is 0 Å². The van der Waals surface area contributed by atoms with Crippen LogP contribution in [0.2, 0.25) is 0 Å². The number of nitrogens with one attached hydrogen (secondary N) is 1. The molecule has 0 bridgehead atoms. The van der Waals surface area contributed by atoms with E-state index in [2.05, 4.69) is 28.2 Å². The molecule has 1 N–H and O–H groups in total. The van der Waals surface area contributed by atoms with Gasteiger partial charge in [-0.25, -0.2) is 0 Å². The molecule has 2 nitrogen and oxygen atoms in total. The Morgan fingerprint density at radius 1 is 1.43 bits per heavy atom. The highest BCUT2D eigenvalue weighted by molar-refractivity contribution is 9.10. The summed E-state index contributed by atoms with van der Waals surface area (Å²) in [6.07, 6.45) is 1.25. The molecule has 78 valence electrons. The maximum Gasteiger partial charge on any atom is 0.133 e. The minimum atomic E-state index is 0.237. The van der Waals surface area contributed by atoms with E-state index < -0.39 is 0 Å². The zero-order chi connectivity index (χ0) is 10.4. The smallest absolute Gasteiger partial charge is 0.133 e. The SMILES string of the molecule is CNCCC(C)Oc1ccccc1Br. The van der Waals surface area contributed by atoms with Crippen molar-refractivity contribution in [2.45, 2.75) is 19.4 Å². The van der Waals surface area contributed by atoms with Crippen LogP contribution in [0.15, 0.2) is 28.7 Å². The minimum Gasteiger partial charge on any atom is -0.489 e. The van der Waals surface area contributed by atoms with Gasteiger partial charge in [0.2, 0.25) is 0 Å².